The molecular formula is C24H23Cl2N5O2. The lowest BCUT2D eigenvalue weighted by molar-refractivity contribution is 0.102. The number of hydrogen-bond acceptors (Lipinski definition) is 5. The molecule has 7 nitrogen and oxygen atoms in total. The van der Waals surface area contributed by atoms with E-state index in [9.17, 15) is 9.59 Å². The van der Waals surface area contributed by atoms with Crippen LogP contribution in [-0.2, 0) is 0 Å². The molecule has 1 unspecified atom stereocenters. The highest BCUT2D eigenvalue weighted by atomic mass is 35.5. The van der Waals surface area contributed by atoms with E-state index in [1.54, 1.807) is 36.4 Å². The maximum absolute atomic E-state index is 12.9. The van der Waals surface area contributed by atoms with Gasteiger partial charge in [-0.3, -0.25) is 9.59 Å². The normalized spacial score (nSPS) is 16.0. The number of anilines is 2. The first-order valence-electron chi connectivity index (χ1n) is 10.6. The van der Waals surface area contributed by atoms with Gasteiger partial charge in [-0.25, -0.2) is 4.98 Å². The van der Waals surface area contributed by atoms with Crippen LogP contribution in [-0.4, -0.2) is 36.4 Å². The number of rotatable bonds is 5. The molecule has 2 aromatic carbocycles. The van der Waals surface area contributed by atoms with E-state index in [1.807, 2.05) is 12.1 Å². The number of hydrogen-bond donors (Lipinski definition) is 4. The molecule has 1 aliphatic heterocycles. The van der Waals surface area contributed by atoms with Crippen molar-refractivity contribution in [2.24, 2.45) is 0 Å². The zero-order chi connectivity index (χ0) is 23.2. The summed E-state index contributed by atoms with van der Waals surface area (Å²) in [6.07, 6.45) is 2.52. The maximum atomic E-state index is 12.9. The lowest BCUT2D eigenvalue weighted by Gasteiger charge is -2.17. The van der Waals surface area contributed by atoms with Gasteiger partial charge < -0.3 is 21.3 Å². The number of halogens is 2. The molecule has 4 N–H and O–H groups in total. The molecule has 2 heterocycles. The van der Waals surface area contributed by atoms with Crippen molar-refractivity contribution in [1.82, 2.24) is 15.6 Å². The lowest BCUT2D eigenvalue weighted by Crippen LogP contribution is -2.27. The van der Waals surface area contributed by atoms with Crippen LogP contribution in [0.2, 0.25) is 10.0 Å². The topological polar surface area (TPSA) is 95.2 Å². The number of carbonyl (C=O) groups excluding carboxylic acids is 2. The third kappa shape index (κ3) is 6.09. The van der Waals surface area contributed by atoms with E-state index in [-0.39, 0.29) is 17.5 Å². The van der Waals surface area contributed by atoms with Gasteiger partial charge in [0.1, 0.15) is 5.82 Å². The average molecular weight is 484 g/mol. The Morgan fingerprint density at radius 3 is 2.45 bits per heavy atom. The van der Waals surface area contributed by atoms with Crippen LogP contribution in [0.25, 0.3) is 0 Å². The average Bonchev–Trinajstić information content (AvgIpc) is 3.11. The predicted molar refractivity (Wildman–Crippen MR) is 131 cm³/mol. The fourth-order valence-electron chi connectivity index (χ4n) is 3.55. The maximum Gasteiger partial charge on any atom is 0.258 e. The second-order valence-corrected chi connectivity index (χ2v) is 8.52. The van der Waals surface area contributed by atoms with Crippen LogP contribution in [0.4, 0.5) is 11.5 Å². The van der Waals surface area contributed by atoms with Gasteiger partial charge in [-0.15, -0.1) is 0 Å². The van der Waals surface area contributed by atoms with E-state index in [1.165, 1.54) is 12.3 Å². The van der Waals surface area contributed by atoms with Gasteiger partial charge in [0.2, 0.25) is 0 Å². The fourth-order valence-corrected chi connectivity index (χ4v) is 3.84. The Bertz CT molecular complexity index is 1130. The van der Waals surface area contributed by atoms with Crippen LogP contribution >= 0.6 is 23.2 Å². The molecule has 0 aliphatic carbocycles. The lowest BCUT2D eigenvalue weighted by atomic mass is 10.0. The van der Waals surface area contributed by atoms with Gasteiger partial charge in [-0.2, -0.15) is 0 Å². The number of amides is 2. The number of nitrogens with one attached hydrogen (secondary N) is 4. The number of pyridine rings is 1. The molecule has 0 spiro atoms. The summed E-state index contributed by atoms with van der Waals surface area (Å²) < 4.78 is 0. The van der Waals surface area contributed by atoms with E-state index in [4.69, 9.17) is 23.2 Å². The van der Waals surface area contributed by atoms with Crippen LogP contribution in [0.15, 0.2) is 60.8 Å². The number of benzene rings is 2. The van der Waals surface area contributed by atoms with E-state index >= 15 is 0 Å². The van der Waals surface area contributed by atoms with Crippen molar-refractivity contribution in [2.45, 2.75) is 12.5 Å². The summed E-state index contributed by atoms with van der Waals surface area (Å²) in [4.78, 5) is 29.8. The van der Waals surface area contributed by atoms with Gasteiger partial charge in [0, 0.05) is 29.4 Å². The van der Waals surface area contributed by atoms with Gasteiger partial charge in [-0.05, 0) is 67.5 Å². The van der Waals surface area contributed by atoms with Crippen molar-refractivity contribution in [3.05, 3.63) is 87.5 Å². The van der Waals surface area contributed by atoms with E-state index in [0.29, 0.717) is 27.1 Å². The van der Waals surface area contributed by atoms with Crippen molar-refractivity contribution in [3.8, 4) is 0 Å². The Kier molecular flexibility index (Phi) is 7.57. The standard InChI is InChI=1S/C24H23Cl2N5O2/c25-17-6-8-20(19(12-17)24(33)31-22-9-7-18(26)13-29-22)30-23(32)16-4-2-15(3-5-16)21-14-27-10-1-11-28-21/h2-9,12-13,21,27-28H,1,10-11,14H2,(H,30,32)(H,29,31,33). The first-order valence-corrected chi connectivity index (χ1v) is 11.3. The molecule has 3 aromatic rings. The first-order chi connectivity index (χ1) is 16.0. The summed E-state index contributed by atoms with van der Waals surface area (Å²) in [5.74, 6) is -0.446. The molecule has 0 radical (unpaired) electrons. The van der Waals surface area contributed by atoms with Crippen molar-refractivity contribution >= 4 is 46.5 Å². The number of nitrogens with zero attached hydrogens (tertiary/aromatic N) is 1. The van der Waals surface area contributed by atoms with E-state index < -0.39 is 5.91 Å². The van der Waals surface area contributed by atoms with Gasteiger partial charge >= 0.3 is 0 Å². The van der Waals surface area contributed by atoms with E-state index in [2.05, 4.69) is 26.3 Å². The summed E-state index contributed by atoms with van der Waals surface area (Å²) >= 11 is 11.9. The molecule has 4 rings (SSSR count). The summed E-state index contributed by atoms with van der Waals surface area (Å²) in [5, 5.41) is 13.2. The van der Waals surface area contributed by atoms with Crippen molar-refractivity contribution in [2.75, 3.05) is 30.3 Å². The minimum Gasteiger partial charge on any atom is -0.321 e. The molecule has 1 fully saturated rings. The van der Waals surface area contributed by atoms with Crippen LogP contribution in [0.3, 0.4) is 0 Å². The van der Waals surface area contributed by atoms with Gasteiger partial charge in [0.15, 0.2) is 0 Å². The smallest absolute Gasteiger partial charge is 0.258 e. The van der Waals surface area contributed by atoms with Crippen molar-refractivity contribution in [1.29, 1.82) is 0 Å². The highest BCUT2D eigenvalue weighted by molar-refractivity contribution is 6.31. The second-order valence-electron chi connectivity index (χ2n) is 7.65. The molecule has 9 heteroatoms. The number of carbonyl (C=O) groups is 2. The quantitative estimate of drug-likeness (QED) is 0.427. The second kappa shape index (κ2) is 10.8. The van der Waals surface area contributed by atoms with Crippen molar-refractivity contribution < 1.29 is 9.59 Å². The Hall–Kier alpha value is -2.97. The largest absolute Gasteiger partial charge is 0.321 e. The third-order valence-electron chi connectivity index (χ3n) is 5.29. The summed E-state index contributed by atoms with van der Waals surface area (Å²) in [5.41, 5.74) is 2.16. The summed E-state index contributed by atoms with van der Waals surface area (Å²) in [6.45, 7) is 2.79. The Morgan fingerprint density at radius 2 is 1.70 bits per heavy atom. The van der Waals surface area contributed by atoms with Gasteiger partial charge in [0.25, 0.3) is 11.8 Å². The Balaban J connectivity index is 1.48. The number of aromatic nitrogens is 1. The molecule has 1 aliphatic rings. The molecule has 0 saturated carbocycles. The minimum atomic E-state index is -0.454. The van der Waals surface area contributed by atoms with Gasteiger partial charge in [-0.1, -0.05) is 35.3 Å². The predicted octanol–water partition coefficient (Wildman–Crippen LogP) is 4.52. The summed E-state index contributed by atoms with van der Waals surface area (Å²) in [7, 11) is 0. The highest BCUT2D eigenvalue weighted by Crippen LogP contribution is 2.23. The molecule has 1 atom stereocenters. The molecule has 1 aromatic heterocycles. The minimum absolute atomic E-state index is 0.206. The first kappa shape index (κ1) is 23.2. The molecule has 2 amide bonds. The van der Waals surface area contributed by atoms with Crippen LogP contribution in [0.1, 0.15) is 38.7 Å². The zero-order valence-electron chi connectivity index (χ0n) is 17.7. The molecule has 0 bridgehead atoms. The Morgan fingerprint density at radius 1 is 0.909 bits per heavy atom. The summed E-state index contributed by atoms with van der Waals surface area (Å²) in [6, 6.07) is 15.6. The monoisotopic (exact) mass is 483 g/mol. The highest BCUT2D eigenvalue weighted by Gasteiger charge is 2.17. The SMILES string of the molecule is O=C(Nc1ccc(Cl)cc1C(=O)Nc1ccc(Cl)cn1)c1ccc(C2CNCCCN2)cc1. The fraction of sp³-hybridized carbons (Fsp3) is 0.208. The Labute approximate surface area is 201 Å². The zero-order valence-corrected chi connectivity index (χ0v) is 19.2. The molecule has 33 heavy (non-hydrogen) atoms. The van der Waals surface area contributed by atoms with E-state index in [0.717, 1.165) is 31.6 Å². The van der Waals surface area contributed by atoms with Gasteiger partial charge in [0.05, 0.1) is 16.3 Å². The molecule has 170 valence electrons. The molecular weight excluding hydrogens is 461 g/mol. The molecule has 1 saturated heterocycles. The van der Waals surface area contributed by atoms with Crippen LogP contribution < -0.4 is 21.3 Å². The van der Waals surface area contributed by atoms with Crippen LogP contribution in [0, 0.1) is 0 Å². The van der Waals surface area contributed by atoms with Crippen LogP contribution in [0.5, 0.6) is 0 Å². The van der Waals surface area contributed by atoms with Crippen molar-refractivity contribution in [3.63, 3.8) is 0 Å². The third-order valence-corrected chi connectivity index (χ3v) is 5.75.